The predicted molar refractivity (Wildman–Crippen MR) is 290 cm³/mol. The molecule has 0 aromatic rings. The van der Waals surface area contributed by atoms with E-state index in [4.69, 9.17) is 34.0 Å². The molecule has 0 heterocycles. The van der Waals surface area contributed by atoms with Crippen molar-refractivity contribution in [2.24, 2.45) is 100 Å². The summed E-state index contributed by atoms with van der Waals surface area (Å²) in [7, 11) is 2.38. The van der Waals surface area contributed by atoms with E-state index in [9.17, 15) is 24.6 Å². The minimum atomic E-state index is -0.887. The summed E-state index contributed by atoms with van der Waals surface area (Å²) in [6.07, 6.45) is 20.7. The highest BCUT2D eigenvalue weighted by Crippen LogP contribution is 2.68. The number of hydrogen-bond acceptors (Lipinski definition) is 12. The third kappa shape index (κ3) is 15.5. The van der Waals surface area contributed by atoms with Gasteiger partial charge < -0.3 is 44.2 Å². The first-order valence-corrected chi connectivity index (χ1v) is 25.8. The van der Waals surface area contributed by atoms with Crippen LogP contribution in [0.3, 0.4) is 0 Å². The van der Waals surface area contributed by atoms with Crippen LogP contribution in [0.15, 0.2) is 12.5 Å². The maximum Gasteiger partial charge on any atom is 0.316 e. The third-order valence-corrected chi connectivity index (χ3v) is 18.5. The van der Waals surface area contributed by atoms with Gasteiger partial charge in [-0.25, -0.2) is 0 Å². The maximum atomic E-state index is 13.7. The molecule has 0 aromatic heterocycles. The molecule has 12 heteroatoms. The molecule has 8 bridgehead atoms. The molecule has 422 valence electrons. The van der Waals surface area contributed by atoms with Crippen molar-refractivity contribution >= 4 is 24.7 Å². The summed E-state index contributed by atoms with van der Waals surface area (Å²) in [6, 6.07) is 0. The van der Waals surface area contributed by atoms with Gasteiger partial charge >= 0.3 is 17.9 Å². The number of aliphatic hydroxyl groups excluding tert-OH is 4. The number of ether oxygens (including phenoxy) is 4. The van der Waals surface area contributed by atoms with Crippen molar-refractivity contribution in [1.82, 2.24) is 0 Å². The lowest BCUT2D eigenvalue weighted by atomic mass is 9.70. The third-order valence-electron chi connectivity index (χ3n) is 18.5. The van der Waals surface area contributed by atoms with Gasteiger partial charge in [-0.05, 0) is 226 Å². The van der Waals surface area contributed by atoms with Crippen molar-refractivity contribution in [2.75, 3.05) is 27.4 Å². The van der Waals surface area contributed by atoms with Crippen molar-refractivity contribution in [3.63, 3.8) is 0 Å². The Bertz CT molecular complexity index is 1540. The zero-order chi connectivity index (χ0) is 47.7. The predicted octanol–water partition coefficient (Wildman–Crippen LogP) is 12.4. The molecular formula is C59H114O12. The zero-order valence-corrected chi connectivity index (χ0v) is 41.1. The molecule has 19 atom stereocenters. The van der Waals surface area contributed by atoms with Gasteiger partial charge in [-0.1, -0.05) is 57.9 Å². The summed E-state index contributed by atoms with van der Waals surface area (Å²) >= 11 is 0. The average Bonchev–Trinajstić information content (AvgIpc) is 4.15. The fraction of sp³-hybridized carbons (Fsp3) is 0.898. The minimum absolute atomic E-state index is 0. The molecule has 71 heavy (non-hydrogen) atoms. The summed E-state index contributed by atoms with van der Waals surface area (Å²) in [6.45, 7) is 15.0. The number of esters is 3. The number of aliphatic hydroxyl groups is 4. The highest BCUT2D eigenvalue weighted by atomic mass is 16.7. The summed E-state index contributed by atoms with van der Waals surface area (Å²) < 4.78 is 21.6. The van der Waals surface area contributed by atoms with Crippen LogP contribution >= 0.6 is 0 Å². The van der Waals surface area contributed by atoms with Gasteiger partial charge in [0.1, 0.15) is 12.9 Å². The molecule has 10 saturated carbocycles. The quantitative estimate of drug-likeness (QED) is 0.0628. The summed E-state index contributed by atoms with van der Waals surface area (Å²) in [4.78, 5) is 47.1. The molecular weight excluding hydrogens is 901 g/mol. The molecule has 0 radical (unpaired) electrons. The zero-order valence-electron chi connectivity index (χ0n) is 41.1. The Morgan fingerprint density at radius 2 is 1.11 bits per heavy atom. The Morgan fingerprint density at radius 3 is 1.62 bits per heavy atom. The molecule has 10 aliphatic rings. The lowest BCUT2D eigenvalue weighted by Gasteiger charge is -2.39. The van der Waals surface area contributed by atoms with Gasteiger partial charge in [0.15, 0.2) is 0 Å². The molecule has 12 nitrogen and oxygen atoms in total. The van der Waals surface area contributed by atoms with Gasteiger partial charge in [0, 0.05) is 15.1 Å². The van der Waals surface area contributed by atoms with E-state index in [1.807, 2.05) is 13.7 Å². The molecule has 10 fully saturated rings. The van der Waals surface area contributed by atoms with Gasteiger partial charge in [-0.3, -0.25) is 14.4 Å². The summed E-state index contributed by atoms with van der Waals surface area (Å²) in [5, 5.41) is 33.8. The number of methoxy groups -OCH3 is 1. The monoisotopic (exact) mass is 1010 g/mol. The van der Waals surface area contributed by atoms with Crippen LogP contribution in [0.2, 0.25) is 0 Å². The fourth-order valence-corrected chi connectivity index (χ4v) is 16.2. The Morgan fingerprint density at radius 1 is 0.634 bits per heavy atom. The van der Waals surface area contributed by atoms with Crippen LogP contribution in [0.1, 0.15) is 196 Å². The van der Waals surface area contributed by atoms with E-state index in [1.165, 1.54) is 75.7 Å². The molecule has 0 saturated heterocycles. The van der Waals surface area contributed by atoms with Gasteiger partial charge in [-0.2, -0.15) is 0 Å². The Hall–Kier alpha value is -2.54. The first kappa shape index (κ1) is 70.5. The van der Waals surface area contributed by atoms with Crippen LogP contribution in [-0.4, -0.2) is 90.9 Å². The van der Waals surface area contributed by atoms with Crippen molar-refractivity contribution in [2.45, 2.75) is 213 Å². The van der Waals surface area contributed by atoms with Crippen molar-refractivity contribution in [3.8, 4) is 0 Å². The van der Waals surface area contributed by atoms with Crippen LogP contribution in [-0.2, 0) is 38.1 Å². The molecule has 19 unspecified atom stereocenters. The smallest absolute Gasteiger partial charge is 0.316 e. The molecule has 0 amide bonds. The van der Waals surface area contributed by atoms with Gasteiger partial charge in [0.05, 0.1) is 43.2 Å². The second-order valence-electron chi connectivity index (χ2n) is 22.0. The maximum absolute atomic E-state index is 13.7. The van der Waals surface area contributed by atoms with E-state index < -0.39 is 35.4 Å². The topological polar surface area (TPSA) is 186 Å². The number of hydrogen-bond donors (Lipinski definition) is 4. The number of carbonyl (C=O) groups is 4. The summed E-state index contributed by atoms with van der Waals surface area (Å²) in [5.74, 6) is 9.53. The first-order chi connectivity index (χ1) is 31.2. The normalized spacial score (nSPS) is 36.1. The van der Waals surface area contributed by atoms with E-state index in [1.54, 1.807) is 66.2 Å². The van der Waals surface area contributed by atoms with Gasteiger partial charge in [0.25, 0.3) is 5.95 Å². The molecule has 0 aliphatic heterocycles. The Labute approximate surface area is 436 Å². The van der Waals surface area contributed by atoms with Crippen LogP contribution < -0.4 is 0 Å². The second kappa shape index (κ2) is 32.0. The molecule has 0 aromatic carbocycles. The van der Waals surface area contributed by atoms with Crippen molar-refractivity contribution in [3.05, 3.63) is 12.5 Å². The minimum Gasteiger partial charge on any atom is -0.469 e. The second-order valence-corrected chi connectivity index (χ2v) is 22.0. The van der Waals surface area contributed by atoms with E-state index in [0.717, 1.165) is 49.5 Å². The number of carbonyl (C=O) groups excluding carboxylic acids is 4. The van der Waals surface area contributed by atoms with Gasteiger partial charge in [0.2, 0.25) is 0 Å². The first-order valence-electron chi connectivity index (χ1n) is 25.8. The molecule has 10 rings (SSSR count). The number of fused-ring (bicyclic) bond motifs is 19. The fourth-order valence-electron chi connectivity index (χ4n) is 16.2. The highest BCUT2D eigenvalue weighted by molar-refractivity contribution is 5.79. The lowest BCUT2D eigenvalue weighted by Crippen LogP contribution is -2.40. The van der Waals surface area contributed by atoms with Crippen LogP contribution in [0.25, 0.3) is 0 Å². The lowest BCUT2D eigenvalue weighted by molar-refractivity contribution is -0.164. The Balaban J connectivity index is -0.00000108. The van der Waals surface area contributed by atoms with Crippen LogP contribution in [0.4, 0.5) is 0 Å². The van der Waals surface area contributed by atoms with E-state index in [2.05, 4.69) is 6.58 Å². The molecule has 10 aliphatic carbocycles. The summed E-state index contributed by atoms with van der Waals surface area (Å²) in [5.41, 5.74) is -0.887. The van der Waals surface area contributed by atoms with E-state index in [0.29, 0.717) is 36.0 Å². The molecule has 4 N–H and O–H groups in total. The number of rotatable bonds is 12. The SMILES string of the molecule is C.C.C.C.C.C.C1CC2C3CCC(C3)C2C1.C=C(OC)OC(=O)C(CC)CC(CC(C)(C)C(=O)OCC)C(=O)OC1CC2CC1C1C3CCC(C3)C21.C=O.CCO.CO.OC1CC2C3CCC(C3)C2C1O.[HH]. The Kier molecular flexibility index (Phi) is 31.8. The van der Waals surface area contributed by atoms with Crippen LogP contribution in [0, 0.1) is 100 Å². The van der Waals surface area contributed by atoms with Gasteiger partial charge in [-0.15, -0.1) is 0 Å². The largest absolute Gasteiger partial charge is 0.469 e. The standard InChI is InChI=1S/C29H44O7.C10H16O2.C10H16.C2H6O.CH4O.CH2O.6CH4.H2/c1-7-17(26(30)35-16(3)33-6)11-21(15-29(4,5)28(32)34-8-2)27(31)36-23-14-20-13-22(23)25-19-10-9-18(12-19)24(20)25;11-8-4-7-5-1-2-6(3-5)9(7)10(8)12;1-2-9-7-4-5-8(6-7)10(9)3-1;1-2-3;2*1-2;;;;;;;/h17-25H,3,7-15H2,1-2,4-6H3;5-12H,1-4H2;7-10H,1-6H2;3H,2H2,1H3;2H,1H3;1H2;6*1H4;1H. The van der Waals surface area contributed by atoms with E-state index >= 15 is 0 Å². The molecule has 0 spiro atoms. The highest BCUT2D eigenvalue weighted by Gasteiger charge is 2.63. The van der Waals surface area contributed by atoms with Crippen LogP contribution in [0.5, 0.6) is 0 Å². The average molecular weight is 1020 g/mol. The van der Waals surface area contributed by atoms with E-state index in [-0.39, 0.29) is 96.0 Å². The van der Waals surface area contributed by atoms with Crippen molar-refractivity contribution < 1.29 is 60.0 Å². The van der Waals surface area contributed by atoms with Crippen molar-refractivity contribution in [1.29, 1.82) is 0 Å².